The minimum atomic E-state index is -0.141. The first kappa shape index (κ1) is 17.1. The van der Waals surface area contributed by atoms with Crippen molar-refractivity contribution in [3.63, 3.8) is 0 Å². The van der Waals surface area contributed by atoms with Crippen LogP contribution in [0.5, 0.6) is 0 Å². The number of carbonyl (C=O) groups excluding carboxylic acids is 1. The van der Waals surface area contributed by atoms with Crippen molar-refractivity contribution in [2.75, 3.05) is 12.9 Å². The second kappa shape index (κ2) is 9.02. The van der Waals surface area contributed by atoms with Crippen LogP contribution in [0, 0.1) is 11.3 Å². The summed E-state index contributed by atoms with van der Waals surface area (Å²) in [4.78, 5) is 11.0. The molecule has 0 atom stereocenters. The van der Waals surface area contributed by atoms with Gasteiger partial charge in [-0.2, -0.15) is 17.0 Å². The van der Waals surface area contributed by atoms with Gasteiger partial charge in [-0.05, 0) is 41.0 Å². The highest BCUT2D eigenvalue weighted by Gasteiger charge is 2.01. The van der Waals surface area contributed by atoms with E-state index < -0.39 is 0 Å². The third-order valence-electron chi connectivity index (χ3n) is 3.47. The Balaban J connectivity index is 1.82. The Morgan fingerprint density at radius 3 is 2.26 bits per heavy atom. The molecule has 2 aromatic carbocycles. The van der Waals surface area contributed by atoms with Gasteiger partial charge in [-0.15, -0.1) is 0 Å². The molecule has 118 valence electrons. The van der Waals surface area contributed by atoms with Crippen LogP contribution in [0.15, 0.2) is 48.5 Å². The first-order valence-electron chi connectivity index (χ1n) is 7.47. The van der Waals surface area contributed by atoms with Gasteiger partial charge in [0.1, 0.15) is 0 Å². The van der Waals surface area contributed by atoms with E-state index in [1.807, 2.05) is 36.0 Å². The summed E-state index contributed by atoms with van der Waals surface area (Å²) in [6.45, 7) is 0. The van der Waals surface area contributed by atoms with Crippen molar-refractivity contribution in [2.45, 2.75) is 18.6 Å². The van der Waals surface area contributed by atoms with E-state index in [4.69, 9.17) is 5.26 Å². The topological polar surface area (TPSA) is 50.1 Å². The van der Waals surface area contributed by atoms with Crippen LogP contribution in [0.4, 0.5) is 0 Å². The van der Waals surface area contributed by atoms with Crippen LogP contribution in [0.25, 0.3) is 11.1 Å². The smallest absolute Gasteiger partial charge is 0.305 e. The zero-order valence-corrected chi connectivity index (χ0v) is 13.9. The lowest BCUT2D eigenvalue weighted by atomic mass is 10.0. The van der Waals surface area contributed by atoms with E-state index in [0.717, 1.165) is 29.1 Å². The molecule has 2 rings (SSSR count). The molecule has 0 aromatic heterocycles. The molecule has 4 heteroatoms. The normalized spacial score (nSPS) is 10.1. The number of methoxy groups -OCH3 is 1. The van der Waals surface area contributed by atoms with Crippen molar-refractivity contribution in [1.82, 2.24) is 0 Å². The van der Waals surface area contributed by atoms with E-state index in [2.05, 4.69) is 35.1 Å². The standard InChI is InChI=1S/C19H19NO2S/c1-22-19(21)3-2-12-23-14-16-6-10-18(11-7-16)17-8-4-15(13-20)5-9-17/h4-11H,2-3,12,14H2,1H3. The molecule has 23 heavy (non-hydrogen) atoms. The third-order valence-corrected chi connectivity index (χ3v) is 4.58. The molecule has 3 nitrogen and oxygen atoms in total. The number of hydrogen-bond donors (Lipinski definition) is 0. The van der Waals surface area contributed by atoms with Crippen molar-refractivity contribution in [2.24, 2.45) is 0 Å². The average Bonchev–Trinajstić information content (AvgIpc) is 2.62. The number of nitrogens with zero attached hydrogens (tertiary/aromatic N) is 1. The highest BCUT2D eigenvalue weighted by molar-refractivity contribution is 7.98. The second-order valence-electron chi connectivity index (χ2n) is 5.12. The number of ether oxygens (including phenoxy) is 1. The number of carbonyl (C=O) groups is 1. The highest BCUT2D eigenvalue weighted by atomic mass is 32.2. The highest BCUT2D eigenvalue weighted by Crippen LogP contribution is 2.22. The molecule has 0 aliphatic carbocycles. The van der Waals surface area contributed by atoms with Crippen molar-refractivity contribution in [1.29, 1.82) is 5.26 Å². The molecule has 0 unspecified atom stereocenters. The lowest BCUT2D eigenvalue weighted by Gasteiger charge is -2.05. The van der Waals surface area contributed by atoms with Crippen molar-refractivity contribution in [3.8, 4) is 17.2 Å². The summed E-state index contributed by atoms with van der Waals surface area (Å²) in [7, 11) is 1.42. The molecule has 0 N–H and O–H groups in total. The van der Waals surface area contributed by atoms with Crippen LogP contribution in [0.2, 0.25) is 0 Å². The second-order valence-corrected chi connectivity index (χ2v) is 6.22. The van der Waals surface area contributed by atoms with E-state index in [-0.39, 0.29) is 5.97 Å². The van der Waals surface area contributed by atoms with E-state index in [1.54, 1.807) is 0 Å². The molecule has 0 spiro atoms. The maximum atomic E-state index is 11.0. The Morgan fingerprint density at radius 2 is 1.70 bits per heavy atom. The third kappa shape index (κ3) is 5.46. The predicted molar refractivity (Wildman–Crippen MR) is 94.0 cm³/mol. The summed E-state index contributed by atoms with van der Waals surface area (Å²) < 4.78 is 4.62. The van der Waals surface area contributed by atoms with Gasteiger partial charge in [0, 0.05) is 12.2 Å². The zero-order chi connectivity index (χ0) is 16.5. The van der Waals surface area contributed by atoms with E-state index in [0.29, 0.717) is 12.0 Å². The van der Waals surface area contributed by atoms with Crippen molar-refractivity contribution >= 4 is 17.7 Å². The number of benzene rings is 2. The van der Waals surface area contributed by atoms with Gasteiger partial charge in [0.15, 0.2) is 0 Å². The van der Waals surface area contributed by atoms with Gasteiger partial charge < -0.3 is 4.74 Å². The quantitative estimate of drug-likeness (QED) is 0.559. The minimum Gasteiger partial charge on any atom is -0.469 e. The largest absolute Gasteiger partial charge is 0.469 e. The molecule has 0 bridgehead atoms. The first-order chi connectivity index (χ1) is 11.2. The van der Waals surface area contributed by atoms with Gasteiger partial charge in [-0.25, -0.2) is 0 Å². The number of rotatable bonds is 7. The van der Waals surface area contributed by atoms with E-state index in [1.165, 1.54) is 12.7 Å². The molecular formula is C19H19NO2S. The monoisotopic (exact) mass is 325 g/mol. The van der Waals surface area contributed by atoms with Crippen LogP contribution in [-0.2, 0) is 15.3 Å². The first-order valence-corrected chi connectivity index (χ1v) is 8.62. The van der Waals surface area contributed by atoms with Gasteiger partial charge in [0.05, 0.1) is 18.7 Å². The SMILES string of the molecule is COC(=O)CCCSCc1ccc(-c2ccc(C#N)cc2)cc1. The fourth-order valence-electron chi connectivity index (χ4n) is 2.14. The fourth-order valence-corrected chi connectivity index (χ4v) is 3.06. The molecule has 0 aliphatic rings. The van der Waals surface area contributed by atoms with Crippen LogP contribution in [0.1, 0.15) is 24.0 Å². The molecule has 0 fully saturated rings. The number of thioether (sulfide) groups is 1. The summed E-state index contributed by atoms with van der Waals surface area (Å²) in [5.74, 6) is 1.75. The van der Waals surface area contributed by atoms with Gasteiger partial charge in [-0.1, -0.05) is 36.4 Å². The molecular weight excluding hydrogens is 306 g/mol. The minimum absolute atomic E-state index is 0.141. The molecule has 0 heterocycles. The Hall–Kier alpha value is -2.25. The van der Waals surface area contributed by atoms with Crippen molar-refractivity contribution < 1.29 is 9.53 Å². The Kier molecular flexibility index (Phi) is 6.71. The molecule has 0 radical (unpaired) electrons. The molecule has 0 saturated heterocycles. The summed E-state index contributed by atoms with van der Waals surface area (Å²) in [5, 5.41) is 8.82. The van der Waals surface area contributed by atoms with Gasteiger partial charge in [0.2, 0.25) is 0 Å². The zero-order valence-electron chi connectivity index (χ0n) is 13.1. The van der Waals surface area contributed by atoms with E-state index in [9.17, 15) is 4.79 Å². The number of esters is 1. The van der Waals surface area contributed by atoms with Crippen LogP contribution in [-0.4, -0.2) is 18.8 Å². The van der Waals surface area contributed by atoms with E-state index >= 15 is 0 Å². The van der Waals surface area contributed by atoms with Gasteiger partial charge in [0.25, 0.3) is 0 Å². The lowest BCUT2D eigenvalue weighted by Crippen LogP contribution is -2.00. The number of nitriles is 1. The average molecular weight is 325 g/mol. The van der Waals surface area contributed by atoms with Crippen LogP contribution >= 0.6 is 11.8 Å². The Morgan fingerprint density at radius 1 is 1.09 bits per heavy atom. The lowest BCUT2D eigenvalue weighted by molar-refractivity contribution is -0.140. The Labute approximate surface area is 141 Å². The van der Waals surface area contributed by atoms with Gasteiger partial charge in [-0.3, -0.25) is 4.79 Å². The summed E-state index contributed by atoms with van der Waals surface area (Å²) in [6.07, 6.45) is 1.34. The summed E-state index contributed by atoms with van der Waals surface area (Å²) in [5.41, 5.74) is 4.20. The Bertz CT molecular complexity index is 672. The maximum absolute atomic E-state index is 11.0. The predicted octanol–water partition coefficient (Wildman–Crippen LogP) is 4.41. The fraction of sp³-hybridized carbons (Fsp3) is 0.263. The van der Waals surface area contributed by atoms with Crippen LogP contribution in [0.3, 0.4) is 0 Å². The molecule has 0 amide bonds. The summed E-state index contributed by atoms with van der Waals surface area (Å²) in [6, 6.07) is 18.2. The maximum Gasteiger partial charge on any atom is 0.305 e. The molecule has 2 aromatic rings. The summed E-state index contributed by atoms with van der Waals surface area (Å²) >= 11 is 1.82. The van der Waals surface area contributed by atoms with Crippen LogP contribution < -0.4 is 0 Å². The van der Waals surface area contributed by atoms with Gasteiger partial charge >= 0.3 is 5.97 Å². The molecule has 0 aliphatic heterocycles. The molecule has 0 saturated carbocycles. The van der Waals surface area contributed by atoms with Crippen molar-refractivity contribution in [3.05, 3.63) is 59.7 Å². The number of hydrogen-bond acceptors (Lipinski definition) is 4.